The molecular formula is C23H27NO6S. The number of benzene rings is 1. The van der Waals surface area contributed by atoms with Crippen LogP contribution in [0.2, 0.25) is 0 Å². The number of furan rings is 1. The first kappa shape index (κ1) is 22.9. The van der Waals surface area contributed by atoms with Crippen LogP contribution in [0.15, 0.2) is 32.0 Å². The van der Waals surface area contributed by atoms with E-state index in [1.54, 1.807) is 18.6 Å². The molecule has 7 nitrogen and oxygen atoms in total. The van der Waals surface area contributed by atoms with E-state index in [1.807, 2.05) is 13.0 Å². The van der Waals surface area contributed by atoms with E-state index in [-0.39, 0.29) is 24.0 Å². The van der Waals surface area contributed by atoms with Crippen LogP contribution in [-0.2, 0) is 21.4 Å². The molecule has 1 atom stereocenters. The molecule has 166 valence electrons. The van der Waals surface area contributed by atoms with Gasteiger partial charge in [-0.05, 0) is 36.6 Å². The molecule has 8 heteroatoms. The number of hydrogen-bond donors (Lipinski definition) is 2. The van der Waals surface area contributed by atoms with Crippen LogP contribution in [0.3, 0.4) is 0 Å². The summed E-state index contributed by atoms with van der Waals surface area (Å²) < 4.78 is 11.2. The van der Waals surface area contributed by atoms with Gasteiger partial charge in [0.2, 0.25) is 5.91 Å². The maximum atomic E-state index is 12.6. The number of hydrogen-bond acceptors (Lipinski definition) is 6. The lowest BCUT2D eigenvalue weighted by atomic mass is 9.86. The van der Waals surface area contributed by atoms with Gasteiger partial charge in [0.05, 0.1) is 6.26 Å². The van der Waals surface area contributed by atoms with E-state index >= 15 is 0 Å². The molecule has 0 fully saturated rings. The van der Waals surface area contributed by atoms with Gasteiger partial charge in [-0.15, -0.1) is 0 Å². The second kappa shape index (κ2) is 8.78. The highest BCUT2D eigenvalue weighted by molar-refractivity contribution is 7.98. The van der Waals surface area contributed by atoms with Crippen molar-refractivity contribution in [3.63, 3.8) is 0 Å². The quantitative estimate of drug-likeness (QED) is 0.529. The second-order valence-corrected chi connectivity index (χ2v) is 9.56. The summed E-state index contributed by atoms with van der Waals surface area (Å²) in [7, 11) is 0. The molecular weight excluding hydrogens is 418 g/mol. The molecule has 2 heterocycles. The molecule has 2 aromatic heterocycles. The van der Waals surface area contributed by atoms with Crippen LogP contribution in [0.25, 0.3) is 21.9 Å². The number of aliphatic carboxylic acids is 1. The van der Waals surface area contributed by atoms with Gasteiger partial charge in [0.15, 0.2) is 0 Å². The summed E-state index contributed by atoms with van der Waals surface area (Å²) in [6.07, 6.45) is 3.66. The molecule has 0 saturated carbocycles. The number of thioether (sulfide) groups is 1. The normalized spacial score (nSPS) is 12.9. The maximum Gasteiger partial charge on any atom is 0.339 e. The first-order chi connectivity index (χ1) is 14.5. The summed E-state index contributed by atoms with van der Waals surface area (Å²) in [6.45, 7) is 8.14. The molecule has 2 N–H and O–H groups in total. The molecule has 0 unspecified atom stereocenters. The lowest BCUT2D eigenvalue weighted by Gasteiger charge is -2.16. The molecule has 0 aliphatic carbocycles. The first-order valence-electron chi connectivity index (χ1n) is 10.0. The number of amides is 1. The lowest BCUT2D eigenvalue weighted by Crippen LogP contribution is -2.42. The van der Waals surface area contributed by atoms with E-state index in [9.17, 15) is 19.5 Å². The number of nitrogens with one attached hydrogen (secondary N) is 1. The molecule has 3 aromatic rings. The third-order valence-corrected chi connectivity index (χ3v) is 6.02. The Labute approximate surface area is 184 Å². The molecule has 0 aliphatic rings. The standard InChI is InChI=1S/C23H27NO6S/c1-12-13(6-7-20(25)24-17(11-31-5)21(26)27)22(28)30-19-9-18-15(8-14(12)19)16(10-29-18)23(2,3)4/h8-10,17H,6-7,11H2,1-5H3,(H,24,25)(H,26,27)/t17-/m0/s1. The minimum absolute atomic E-state index is 0.00351. The van der Waals surface area contributed by atoms with E-state index in [4.69, 9.17) is 8.83 Å². The van der Waals surface area contributed by atoms with Crippen LogP contribution < -0.4 is 10.9 Å². The Bertz CT molecular complexity index is 1200. The van der Waals surface area contributed by atoms with Gasteiger partial charge in [0, 0.05) is 40.1 Å². The highest BCUT2D eigenvalue weighted by Gasteiger charge is 2.23. The van der Waals surface area contributed by atoms with Crippen molar-refractivity contribution in [3.05, 3.63) is 45.5 Å². The van der Waals surface area contributed by atoms with Crippen LogP contribution in [0.5, 0.6) is 0 Å². The SMILES string of the molecule is CSC[C@H](NC(=O)CCc1c(C)c2cc3c(C(C)(C)C)coc3cc2oc1=O)C(=O)O. The van der Waals surface area contributed by atoms with Gasteiger partial charge in [-0.2, -0.15) is 11.8 Å². The summed E-state index contributed by atoms with van der Waals surface area (Å²) in [5.41, 5.74) is 2.70. The van der Waals surface area contributed by atoms with Crippen LogP contribution in [-0.4, -0.2) is 35.0 Å². The Balaban J connectivity index is 1.92. The maximum absolute atomic E-state index is 12.6. The van der Waals surface area contributed by atoms with E-state index < -0.39 is 23.5 Å². The van der Waals surface area contributed by atoms with Crippen molar-refractivity contribution in [1.82, 2.24) is 5.32 Å². The number of aryl methyl sites for hydroxylation is 1. The van der Waals surface area contributed by atoms with Gasteiger partial charge in [-0.3, -0.25) is 4.79 Å². The van der Waals surface area contributed by atoms with Crippen LogP contribution in [0, 0.1) is 6.92 Å². The fourth-order valence-corrected chi connectivity index (χ4v) is 4.19. The first-order valence-corrected chi connectivity index (χ1v) is 11.4. The van der Waals surface area contributed by atoms with Crippen molar-refractivity contribution in [3.8, 4) is 0 Å². The zero-order valence-corrected chi connectivity index (χ0v) is 19.1. The number of fused-ring (bicyclic) bond motifs is 2. The van der Waals surface area contributed by atoms with E-state index in [2.05, 4.69) is 26.1 Å². The third-order valence-electron chi connectivity index (χ3n) is 5.36. The Morgan fingerprint density at radius 2 is 1.90 bits per heavy atom. The minimum atomic E-state index is -1.08. The van der Waals surface area contributed by atoms with Gasteiger partial charge in [0.25, 0.3) is 0 Å². The predicted molar refractivity (Wildman–Crippen MR) is 122 cm³/mol. The summed E-state index contributed by atoms with van der Waals surface area (Å²) in [4.78, 5) is 36.1. The van der Waals surface area contributed by atoms with Gasteiger partial charge in [-0.25, -0.2) is 9.59 Å². The zero-order valence-electron chi connectivity index (χ0n) is 18.3. The number of carboxylic acid groups (broad SMARTS) is 1. The molecule has 0 saturated heterocycles. The Hall–Kier alpha value is -2.74. The molecule has 31 heavy (non-hydrogen) atoms. The minimum Gasteiger partial charge on any atom is -0.480 e. The summed E-state index contributed by atoms with van der Waals surface area (Å²) in [6, 6.07) is 2.74. The summed E-state index contributed by atoms with van der Waals surface area (Å²) in [5, 5.41) is 13.4. The average Bonchev–Trinajstić information content (AvgIpc) is 3.09. The number of carboxylic acids is 1. The monoisotopic (exact) mass is 445 g/mol. The third kappa shape index (κ3) is 4.79. The van der Waals surface area contributed by atoms with Crippen molar-refractivity contribution < 1.29 is 23.5 Å². The Kier molecular flexibility index (Phi) is 6.50. The smallest absolute Gasteiger partial charge is 0.339 e. The van der Waals surface area contributed by atoms with E-state index in [0.717, 1.165) is 21.9 Å². The molecule has 1 aromatic carbocycles. The van der Waals surface area contributed by atoms with Crippen molar-refractivity contribution in [2.45, 2.75) is 52.0 Å². The Morgan fingerprint density at radius 3 is 2.52 bits per heavy atom. The highest BCUT2D eigenvalue weighted by atomic mass is 32.2. The summed E-state index contributed by atoms with van der Waals surface area (Å²) >= 11 is 1.34. The molecule has 0 aliphatic heterocycles. The average molecular weight is 446 g/mol. The van der Waals surface area contributed by atoms with Crippen molar-refractivity contribution in [2.75, 3.05) is 12.0 Å². The van der Waals surface area contributed by atoms with Crippen molar-refractivity contribution in [2.24, 2.45) is 0 Å². The number of rotatable bonds is 7. The Morgan fingerprint density at radius 1 is 1.19 bits per heavy atom. The van der Waals surface area contributed by atoms with Gasteiger partial charge in [-0.1, -0.05) is 20.8 Å². The summed E-state index contributed by atoms with van der Waals surface area (Å²) in [5.74, 6) is -1.22. The van der Waals surface area contributed by atoms with E-state index in [1.165, 1.54) is 11.8 Å². The van der Waals surface area contributed by atoms with E-state index in [0.29, 0.717) is 16.7 Å². The molecule has 0 spiro atoms. The highest BCUT2D eigenvalue weighted by Crippen LogP contribution is 2.35. The van der Waals surface area contributed by atoms with Gasteiger partial charge < -0.3 is 19.3 Å². The fraction of sp³-hybridized carbons (Fsp3) is 0.435. The zero-order chi connectivity index (χ0) is 22.9. The van der Waals surface area contributed by atoms with Crippen LogP contribution in [0.1, 0.15) is 43.9 Å². The van der Waals surface area contributed by atoms with Crippen LogP contribution in [0.4, 0.5) is 0 Å². The predicted octanol–water partition coefficient (Wildman–Crippen LogP) is 4.01. The van der Waals surface area contributed by atoms with Crippen molar-refractivity contribution in [1.29, 1.82) is 0 Å². The topological polar surface area (TPSA) is 110 Å². The molecule has 0 bridgehead atoms. The van der Waals surface area contributed by atoms with Crippen LogP contribution >= 0.6 is 11.8 Å². The second-order valence-electron chi connectivity index (χ2n) is 8.65. The molecule has 0 radical (unpaired) electrons. The molecule has 1 amide bonds. The van der Waals surface area contributed by atoms with Crippen molar-refractivity contribution >= 4 is 45.6 Å². The number of carbonyl (C=O) groups is 2. The molecule has 3 rings (SSSR count). The number of carbonyl (C=O) groups excluding carboxylic acids is 1. The fourth-order valence-electron chi connectivity index (χ4n) is 3.63. The lowest BCUT2D eigenvalue weighted by molar-refractivity contribution is -0.141. The largest absolute Gasteiger partial charge is 0.480 e. The van der Waals surface area contributed by atoms with Gasteiger partial charge >= 0.3 is 11.6 Å². The van der Waals surface area contributed by atoms with Gasteiger partial charge in [0.1, 0.15) is 17.2 Å².